The number of aromatic amines is 1. The van der Waals surface area contributed by atoms with Crippen LogP contribution >= 0.6 is 0 Å². The van der Waals surface area contributed by atoms with Crippen LogP contribution in [0.4, 0.5) is 4.39 Å². The fraction of sp³-hybridized carbons (Fsp3) is 0.500. The zero-order valence-electron chi connectivity index (χ0n) is 11.0. The van der Waals surface area contributed by atoms with E-state index >= 15 is 0 Å². The van der Waals surface area contributed by atoms with E-state index in [2.05, 4.69) is 0 Å². The fourth-order valence-corrected chi connectivity index (χ4v) is 2.05. The number of aliphatic hydroxyl groups is 2. The van der Waals surface area contributed by atoms with E-state index in [1.807, 2.05) is 0 Å². The third-order valence-corrected chi connectivity index (χ3v) is 3.33. The summed E-state index contributed by atoms with van der Waals surface area (Å²) in [5.74, 6) is -3.18. The first-order valence-corrected chi connectivity index (χ1v) is 5.92. The lowest BCUT2D eigenvalue weighted by Gasteiger charge is -2.36. The fourth-order valence-electron chi connectivity index (χ4n) is 2.05. The summed E-state index contributed by atoms with van der Waals surface area (Å²) in [6, 6.07) is 0. The molecular weight excluding hydrogens is 296 g/mol. The Hall–Kier alpha value is -1.65. The molecule has 3 N–H and O–H groups in total. The summed E-state index contributed by atoms with van der Waals surface area (Å²) in [6.45, 7) is 0. The van der Waals surface area contributed by atoms with E-state index < -0.39 is 46.2 Å². The Bertz CT molecular complexity index is 731. The van der Waals surface area contributed by atoms with Crippen LogP contribution in [0.1, 0.15) is 16.8 Å². The predicted molar refractivity (Wildman–Crippen MR) is 72.4 cm³/mol. The molecule has 0 unspecified atom stereocenters. The van der Waals surface area contributed by atoms with Crippen molar-refractivity contribution in [2.45, 2.75) is 29.4 Å². The molecule has 8 nitrogen and oxygen atoms in total. The van der Waals surface area contributed by atoms with Gasteiger partial charge in [-0.3, -0.25) is 19.1 Å². The molecule has 0 saturated carbocycles. The predicted octanol–water partition coefficient (Wildman–Crippen LogP) is -3.44. The summed E-state index contributed by atoms with van der Waals surface area (Å²) >= 11 is 0. The van der Waals surface area contributed by atoms with Crippen LogP contribution in [0.25, 0.3) is 0 Å². The van der Waals surface area contributed by atoms with Crippen molar-refractivity contribution in [1.82, 2.24) is 9.55 Å². The number of halogens is 1. The summed E-state index contributed by atoms with van der Waals surface area (Å²) in [5, 5.41) is 16.3. The molecule has 6 radical (unpaired) electrons. The van der Waals surface area contributed by atoms with Crippen molar-refractivity contribution in [2.75, 3.05) is 0 Å². The van der Waals surface area contributed by atoms with Gasteiger partial charge in [0, 0.05) is 18.0 Å². The maximum absolute atomic E-state index is 14.4. The minimum absolute atomic E-state index is 0.115. The normalized spacial score (nSPS) is 32.0. The van der Waals surface area contributed by atoms with Crippen LogP contribution in [0.15, 0.2) is 15.8 Å². The quantitative estimate of drug-likeness (QED) is 0.394. The zero-order chi connectivity index (χ0) is 16.9. The van der Waals surface area contributed by atoms with Crippen LogP contribution in [0.3, 0.4) is 0 Å². The van der Waals surface area contributed by atoms with Crippen LogP contribution in [0, 0.1) is 0 Å². The number of aldehydes is 1. The molecule has 12 heteroatoms. The number of nitrogens with zero attached hydrogens (tertiary/aromatic N) is 1. The lowest BCUT2D eigenvalue weighted by molar-refractivity contribution is -0.222. The van der Waals surface area contributed by atoms with Gasteiger partial charge in [0.1, 0.15) is 29.2 Å². The average Bonchev–Trinajstić information content (AvgIpc) is 2.61. The Labute approximate surface area is 126 Å². The number of ether oxygens (including phenoxy) is 1. The first-order chi connectivity index (χ1) is 9.94. The van der Waals surface area contributed by atoms with Gasteiger partial charge in [0.15, 0.2) is 6.29 Å². The Balaban J connectivity index is 2.60. The average molecular weight is 304 g/mol. The molecule has 3 atom stereocenters. The molecule has 110 valence electrons. The maximum Gasteiger partial charge on any atom is 0.330 e. The van der Waals surface area contributed by atoms with Crippen LogP contribution < -0.4 is 11.2 Å². The number of carbonyl (C=O) groups excluding carboxylic acids is 1. The second-order valence-corrected chi connectivity index (χ2v) is 4.96. The highest BCUT2D eigenvalue weighted by Gasteiger charge is 2.60. The third-order valence-electron chi connectivity index (χ3n) is 3.33. The van der Waals surface area contributed by atoms with Gasteiger partial charge in [-0.1, -0.05) is 0 Å². The second-order valence-electron chi connectivity index (χ2n) is 4.96. The van der Waals surface area contributed by atoms with Crippen molar-refractivity contribution in [3.63, 3.8) is 0 Å². The molecule has 1 aliphatic heterocycles. The SMILES string of the molecule is [B]C([B])(O)[C@]1(F)C[C@@H](O)[C@]([B])(n2cc(C=O)c(=O)[nH]c2=O)O1. The van der Waals surface area contributed by atoms with E-state index in [9.17, 15) is 29.0 Å². The highest BCUT2D eigenvalue weighted by atomic mass is 19.2. The lowest BCUT2D eigenvalue weighted by Crippen LogP contribution is -2.55. The first-order valence-electron chi connectivity index (χ1n) is 5.92. The molecule has 1 aromatic heterocycles. The molecule has 0 spiro atoms. The molecule has 0 bridgehead atoms. The molecule has 2 rings (SSSR count). The summed E-state index contributed by atoms with van der Waals surface area (Å²) in [5.41, 5.74) is -5.26. The van der Waals surface area contributed by atoms with Gasteiger partial charge in [0.2, 0.25) is 5.85 Å². The van der Waals surface area contributed by atoms with Gasteiger partial charge in [0.05, 0.1) is 11.7 Å². The Morgan fingerprint density at radius 1 is 1.55 bits per heavy atom. The highest BCUT2D eigenvalue weighted by molar-refractivity contribution is 6.39. The Kier molecular flexibility index (Phi) is 3.75. The van der Waals surface area contributed by atoms with Gasteiger partial charge in [-0.2, -0.15) is 0 Å². The van der Waals surface area contributed by atoms with Gasteiger partial charge in [-0.15, -0.1) is 0 Å². The van der Waals surface area contributed by atoms with Gasteiger partial charge < -0.3 is 14.9 Å². The van der Waals surface area contributed by atoms with Crippen molar-refractivity contribution in [3.05, 3.63) is 32.6 Å². The topological polar surface area (TPSA) is 122 Å². The van der Waals surface area contributed by atoms with Crippen LogP contribution in [-0.2, 0) is 10.4 Å². The van der Waals surface area contributed by atoms with E-state index in [1.165, 1.54) is 0 Å². The third kappa shape index (κ3) is 2.36. The number of hydrogen-bond donors (Lipinski definition) is 3. The number of aliphatic hydroxyl groups excluding tert-OH is 1. The zero-order valence-corrected chi connectivity index (χ0v) is 11.0. The van der Waals surface area contributed by atoms with Crippen LogP contribution in [0.5, 0.6) is 0 Å². The summed E-state index contributed by atoms with van der Waals surface area (Å²) in [7, 11) is 15.7. The number of rotatable bonds is 3. The standard InChI is InChI=1S/C10H8B3FN2O6/c11-9(5(18)1-8(14,22-9)10(12,13)21)16-2-4(3-17)6(19)15-7(16)20/h2-3,5,18,21H,1H2,(H,15,19,20)/t5-,8+,9+/m1/s1. The molecule has 1 aliphatic rings. The molecule has 1 saturated heterocycles. The lowest BCUT2D eigenvalue weighted by atomic mass is 9.60. The van der Waals surface area contributed by atoms with E-state index in [4.69, 9.17) is 28.3 Å². The molecule has 1 aromatic rings. The van der Waals surface area contributed by atoms with Gasteiger partial charge in [0.25, 0.3) is 5.56 Å². The van der Waals surface area contributed by atoms with E-state index in [1.54, 1.807) is 4.98 Å². The molecular formula is C10H8B3FN2O6. The number of aromatic nitrogens is 2. The molecule has 0 aliphatic carbocycles. The van der Waals surface area contributed by atoms with Gasteiger partial charge in [-0.05, 0) is 0 Å². The number of carbonyl (C=O) groups is 1. The molecule has 2 heterocycles. The Morgan fingerprint density at radius 3 is 2.59 bits per heavy atom. The smallest absolute Gasteiger partial charge is 0.330 e. The number of hydrogen-bond acceptors (Lipinski definition) is 6. The number of H-pyrrole nitrogens is 1. The summed E-state index contributed by atoms with van der Waals surface area (Å²) in [6.07, 6.45) is -2.05. The van der Waals surface area contributed by atoms with Crippen molar-refractivity contribution < 1.29 is 24.1 Å². The van der Waals surface area contributed by atoms with Crippen LogP contribution in [-0.4, -0.2) is 66.9 Å². The summed E-state index contributed by atoms with van der Waals surface area (Å²) < 4.78 is 19.5. The van der Waals surface area contributed by atoms with Crippen molar-refractivity contribution >= 4 is 29.8 Å². The monoisotopic (exact) mass is 304 g/mol. The summed E-state index contributed by atoms with van der Waals surface area (Å²) in [4.78, 5) is 35.6. The van der Waals surface area contributed by atoms with Crippen molar-refractivity contribution in [2.24, 2.45) is 0 Å². The van der Waals surface area contributed by atoms with E-state index in [-0.39, 0.29) is 6.29 Å². The second kappa shape index (κ2) is 4.93. The van der Waals surface area contributed by atoms with Crippen LogP contribution in [0.2, 0.25) is 0 Å². The van der Waals surface area contributed by atoms with E-state index in [0.717, 1.165) is 0 Å². The number of nitrogens with one attached hydrogen (secondary N) is 1. The molecule has 22 heavy (non-hydrogen) atoms. The Morgan fingerprint density at radius 2 is 2.14 bits per heavy atom. The molecule has 1 fully saturated rings. The largest absolute Gasteiger partial charge is 0.403 e. The van der Waals surface area contributed by atoms with Gasteiger partial charge in [-0.25, -0.2) is 9.18 Å². The van der Waals surface area contributed by atoms with Crippen molar-refractivity contribution in [3.8, 4) is 0 Å². The van der Waals surface area contributed by atoms with Crippen molar-refractivity contribution in [1.29, 1.82) is 0 Å². The number of alkyl halides is 1. The van der Waals surface area contributed by atoms with Gasteiger partial charge >= 0.3 is 5.69 Å². The highest BCUT2D eigenvalue weighted by Crippen LogP contribution is 2.44. The minimum atomic E-state index is -3.18. The van der Waals surface area contributed by atoms with E-state index in [0.29, 0.717) is 10.8 Å². The molecule has 0 aromatic carbocycles. The first kappa shape index (κ1) is 16.7. The minimum Gasteiger partial charge on any atom is -0.403 e. The maximum atomic E-state index is 14.4. The molecule has 0 amide bonds.